The van der Waals surface area contributed by atoms with Crippen LogP contribution in [-0.4, -0.2) is 32.8 Å². The summed E-state index contributed by atoms with van der Waals surface area (Å²) in [6.45, 7) is 20.3. The predicted octanol–water partition coefficient (Wildman–Crippen LogP) is 15.3. The summed E-state index contributed by atoms with van der Waals surface area (Å²) >= 11 is -1.86. The first-order chi connectivity index (χ1) is 30.5. The molecule has 5 aromatic carbocycles. The van der Waals surface area contributed by atoms with Gasteiger partial charge in [0.15, 0.2) is 5.65 Å². The summed E-state index contributed by atoms with van der Waals surface area (Å²) in [7, 11) is 0. The summed E-state index contributed by atoms with van der Waals surface area (Å²) in [5.74, 6) is 9.30. The second-order valence-corrected chi connectivity index (χ2v) is 30.9. The number of fused-ring (bicyclic) bond motifs is 4. The van der Waals surface area contributed by atoms with Crippen molar-refractivity contribution in [2.75, 3.05) is 0 Å². The second-order valence-electron chi connectivity index (χ2n) is 20.3. The minimum Gasteiger partial charge on any atom is -0.501 e. The molecule has 9 aromatic rings. The molecule has 65 heavy (non-hydrogen) atoms. The van der Waals surface area contributed by atoms with Crippen LogP contribution in [0.4, 0.5) is 0 Å². The first kappa shape index (κ1) is 47.8. The van der Waals surface area contributed by atoms with Gasteiger partial charge in [0.2, 0.25) is 0 Å². The summed E-state index contributed by atoms with van der Waals surface area (Å²) in [5, 5.41) is 2.15. The number of aromatic nitrogens is 4. The first-order valence-electron chi connectivity index (χ1n) is 22.9. The summed E-state index contributed by atoms with van der Waals surface area (Å²) in [6.07, 6.45) is 3.27. The van der Waals surface area contributed by atoms with Gasteiger partial charge in [0, 0.05) is 42.3 Å². The van der Waals surface area contributed by atoms with Crippen LogP contribution in [-0.2, 0) is 31.9 Å². The van der Waals surface area contributed by atoms with Gasteiger partial charge in [-0.15, -0.1) is 18.2 Å². The Morgan fingerprint density at radius 3 is 2.00 bits per heavy atom. The van der Waals surface area contributed by atoms with Gasteiger partial charge in [-0.25, -0.2) is 4.98 Å². The molecule has 7 heteroatoms. The Labute approximate surface area is 402 Å². The third-order valence-electron chi connectivity index (χ3n) is 12.0. The number of pyridine rings is 2. The zero-order chi connectivity index (χ0) is 45.5. The van der Waals surface area contributed by atoms with E-state index in [9.17, 15) is 0 Å². The maximum atomic E-state index is 6.53. The Bertz CT molecular complexity index is 3050. The Morgan fingerprint density at radius 2 is 1.37 bits per heavy atom. The molecule has 335 valence electrons. The standard InChI is InChI=1S/C40H38N3O.C18H24GeN.Ir/c1-24(2)31-22-27(26-14-9-8-10-15-26)23-32(25(3)4)36(31)43-38(41-33-20-21-35(40(5,6)7)42-39(33)43)30-18-13-17-29-28-16-11-12-19-34(28)44-37(29)30;1-14(2)11-16-12-18(15-9-7-6-8-10-15)20-13-17(16)19(3,4)5;/h8-17,19-25H,1-7H3;6-9,12-14H,11H2,1-5H3;/q2*-1;. The zero-order valence-electron chi connectivity index (χ0n) is 40.1. The van der Waals surface area contributed by atoms with Crippen molar-refractivity contribution in [3.63, 3.8) is 0 Å². The molecule has 0 aliphatic carbocycles. The SMILES string of the molecule is CC(C)Cc1cc(-c2[c-]cccc2)nc[c]1[Ge]([CH3])([CH3])[CH3].CC(C)c1cc(-c2ccccc2)cc(C(C)C)c1-n1c(-c2[c-]ccc3c2oc2ccccc23)nc2ccc(C(C)(C)C)nc21.[Ir]. The van der Waals surface area contributed by atoms with E-state index >= 15 is 0 Å². The van der Waals surface area contributed by atoms with Crippen LogP contribution >= 0.6 is 0 Å². The van der Waals surface area contributed by atoms with Crippen LogP contribution in [0, 0.1) is 18.1 Å². The van der Waals surface area contributed by atoms with E-state index < -0.39 is 13.3 Å². The monoisotopic (exact) mass is 1100 g/mol. The van der Waals surface area contributed by atoms with Crippen LogP contribution in [0.15, 0.2) is 132 Å². The molecule has 5 nitrogen and oxygen atoms in total. The molecule has 0 unspecified atom stereocenters. The number of imidazole rings is 1. The molecule has 1 radical (unpaired) electrons. The molecule has 0 amide bonds. The molecule has 4 aromatic heterocycles. The number of benzene rings is 5. The first-order valence-corrected chi connectivity index (χ1v) is 30.3. The number of para-hydroxylation sites is 1. The van der Waals surface area contributed by atoms with E-state index in [4.69, 9.17) is 19.4 Å². The van der Waals surface area contributed by atoms with Gasteiger partial charge in [0.25, 0.3) is 0 Å². The van der Waals surface area contributed by atoms with Crippen LogP contribution in [0.5, 0.6) is 0 Å². The van der Waals surface area contributed by atoms with Gasteiger partial charge in [-0.3, -0.25) is 4.98 Å². The molecular formula is C58H62GeIrN4O-2. The Kier molecular flexibility index (Phi) is 14.2. The van der Waals surface area contributed by atoms with E-state index in [0.717, 1.165) is 73.5 Å². The molecule has 0 spiro atoms. The maximum absolute atomic E-state index is 6.53. The third kappa shape index (κ3) is 10.0. The fourth-order valence-corrected chi connectivity index (χ4v) is 12.0. The van der Waals surface area contributed by atoms with Crippen molar-refractivity contribution in [1.82, 2.24) is 19.5 Å². The van der Waals surface area contributed by atoms with Crippen molar-refractivity contribution in [3.8, 4) is 39.5 Å². The molecular weight excluding hydrogens is 1030 g/mol. The quantitative estimate of drug-likeness (QED) is 0.107. The predicted molar refractivity (Wildman–Crippen MR) is 273 cm³/mol. The van der Waals surface area contributed by atoms with Crippen molar-refractivity contribution >= 4 is 50.8 Å². The Morgan fingerprint density at radius 1 is 0.692 bits per heavy atom. The zero-order valence-corrected chi connectivity index (χ0v) is 44.6. The largest absolute Gasteiger partial charge is 0.501 e. The normalized spacial score (nSPS) is 12.0. The fraction of sp³-hybridized carbons (Fsp3) is 0.293. The van der Waals surface area contributed by atoms with E-state index in [1.54, 1.807) is 4.40 Å². The number of hydrogen-bond donors (Lipinski definition) is 0. The van der Waals surface area contributed by atoms with Gasteiger partial charge in [0.05, 0.1) is 16.9 Å². The van der Waals surface area contributed by atoms with Crippen LogP contribution < -0.4 is 4.40 Å². The van der Waals surface area contributed by atoms with E-state index in [1.807, 2.05) is 36.4 Å². The van der Waals surface area contributed by atoms with Crippen molar-refractivity contribution in [1.29, 1.82) is 0 Å². The maximum Gasteiger partial charge on any atom is 0.155 e. The van der Waals surface area contributed by atoms with Crippen molar-refractivity contribution in [2.24, 2.45) is 5.92 Å². The molecule has 0 aliphatic rings. The van der Waals surface area contributed by atoms with Crippen LogP contribution in [0.2, 0.25) is 17.3 Å². The van der Waals surface area contributed by atoms with E-state index in [-0.39, 0.29) is 37.4 Å². The van der Waals surface area contributed by atoms with Crippen LogP contribution in [0.3, 0.4) is 0 Å². The smallest absolute Gasteiger partial charge is 0.155 e. The average Bonchev–Trinajstić information content (AvgIpc) is 3.84. The molecule has 0 bridgehead atoms. The molecule has 0 atom stereocenters. The Balaban J connectivity index is 0.000000253. The topological polar surface area (TPSA) is 56.7 Å². The van der Waals surface area contributed by atoms with Gasteiger partial charge < -0.3 is 8.98 Å². The summed E-state index contributed by atoms with van der Waals surface area (Å²) < 4.78 is 10.4. The number of nitrogens with zero attached hydrogens (tertiary/aromatic N) is 4. The van der Waals surface area contributed by atoms with Gasteiger partial charge in [0.1, 0.15) is 5.58 Å². The van der Waals surface area contributed by atoms with E-state index in [0.29, 0.717) is 5.92 Å². The molecule has 0 saturated carbocycles. The van der Waals surface area contributed by atoms with Crippen molar-refractivity contribution in [3.05, 3.63) is 162 Å². The number of hydrogen-bond acceptors (Lipinski definition) is 4. The van der Waals surface area contributed by atoms with Crippen molar-refractivity contribution in [2.45, 2.75) is 103 Å². The minimum atomic E-state index is -1.86. The molecule has 0 fully saturated rings. The van der Waals surface area contributed by atoms with Crippen LogP contribution in [0.25, 0.3) is 72.6 Å². The third-order valence-corrected chi connectivity index (χ3v) is 16.3. The summed E-state index contributed by atoms with van der Waals surface area (Å²) in [5.41, 5.74) is 14.8. The van der Waals surface area contributed by atoms with Gasteiger partial charge >= 0.3 is 126 Å². The van der Waals surface area contributed by atoms with E-state index in [1.165, 1.54) is 27.8 Å². The minimum absolute atomic E-state index is 0. The van der Waals surface area contributed by atoms with E-state index in [2.05, 4.69) is 187 Å². The summed E-state index contributed by atoms with van der Waals surface area (Å²) in [4.78, 5) is 15.3. The molecule has 0 saturated heterocycles. The average molecular weight is 1100 g/mol. The summed E-state index contributed by atoms with van der Waals surface area (Å²) in [6, 6.07) is 49.1. The van der Waals surface area contributed by atoms with Gasteiger partial charge in [-0.05, 0) is 64.4 Å². The van der Waals surface area contributed by atoms with Crippen molar-refractivity contribution < 1.29 is 24.5 Å². The fourth-order valence-electron chi connectivity index (χ4n) is 8.71. The molecule has 9 rings (SSSR count). The number of furan rings is 1. The van der Waals surface area contributed by atoms with Gasteiger partial charge in [-0.1, -0.05) is 108 Å². The molecule has 0 aliphatic heterocycles. The molecule has 4 heterocycles. The van der Waals surface area contributed by atoms with Crippen LogP contribution in [0.1, 0.15) is 96.5 Å². The molecule has 0 N–H and O–H groups in total. The van der Waals surface area contributed by atoms with Gasteiger partial charge in [-0.2, -0.15) is 0 Å². The second kappa shape index (κ2) is 19.4. The number of rotatable bonds is 9. The Hall–Kier alpha value is -5.14.